The lowest BCUT2D eigenvalue weighted by atomic mass is 9.64. The molecule has 1 amide bonds. The van der Waals surface area contributed by atoms with Gasteiger partial charge in [-0.05, 0) is 43.2 Å². The van der Waals surface area contributed by atoms with E-state index in [9.17, 15) is 9.59 Å². The second kappa shape index (κ2) is 4.72. The number of halogens is 1. The van der Waals surface area contributed by atoms with Crippen molar-refractivity contribution in [3.63, 3.8) is 0 Å². The number of carbonyl (C=O) groups is 2. The first kappa shape index (κ1) is 16.3. The minimum absolute atomic E-state index is 0.126. The zero-order valence-corrected chi connectivity index (χ0v) is 16.3. The molecule has 0 saturated heterocycles. The summed E-state index contributed by atoms with van der Waals surface area (Å²) in [7, 11) is 0. The molecule has 1 aromatic carbocycles. The molecule has 2 fully saturated rings. The van der Waals surface area contributed by atoms with Crippen molar-refractivity contribution in [2.75, 3.05) is 4.90 Å². The second-order valence-corrected chi connectivity index (χ2v) is 9.43. The van der Waals surface area contributed by atoms with Crippen LogP contribution in [0.2, 0.25) is 0 Å². The van der Waals surface area contributed by atoms with Crippen LogP contribution in [0.4, 0.5) is 5.69 Å². The number of benzene rings is 1. The van der Waals surface area contributed by atoms with Gasteiger partial charge in [0, 0.05) is 17.1 Å². The number of hydrogen-bond donors (Lipinski definition) is 0. The van der Waals surface area contributed by atoms with Crippen molar-refractivity contribution in [1.29, 1.82) is 0 Å². The van der Waals surface area contributed by atoms with E-state index in [-0.39, 0.29) is 28.0 Å². The van der Waals surface area contributed by atoms with E-state index >= 15 is 0 Å². The molecule has 24 heavy (non-hydrogen) atoms. The van der Waals surface area contributed by atoms with Crippen molar-refractivity contribution in [3.8, 4) is 0 Å². The van der Waals surface area contributed by atoms with Crippen LogP contribution in [-0.2, 0) is 16.0 Å². The van der Waals surface area contributed by atoms with Gasteiger partial charge in [-0.1, -0.05) is 54.9 Å². The van der Waals surface area contributed by atoms with Crippen LogP contribution in [0.3, 0.4) is 0 Å². The molecule has 3 nitrogen and oxygen atoms in total. The van der Waals surface area contributed by atoms with Gasteiger partial charge in [0.05, 0.1) is 10.2 Å². The molecule has 1 heterocycles. The molecule has 0 radical (unpaired) electrons. The first-order chi connectivity index (χ1) is 11.2. The van der Waals surface area contributed by atoms with Gasteiger partial charge in [-0.3, -0.25) is 9.59 Å². The van der Waals surface area contributed by atoms with Gasteiger partial charge in [0.25, 0.3) is 0 Å². The van der Waals surface area contributed by atoms with E-state index in [1.807, 2.05) is 30.0 Å². The van der Waals surface area contributed by atoms with Gasteiger partial charge in [0.2, 0.25) is 5.91 Å². The first-order valence-corrected chi connectivity index (χ1v) is 9.70. The standard InChI is InChI=1S/C20H24BrNO2/c1-12-11-13-7-5-6-8-14(13)22(12)17(24)20-10-9-19(4,18(20,2)3)16(23)15(20)21/h5-8,12,15H,9-11H2,1-4H3/t12-,15+,19-,20+/m1/s1. The fourth-order valence-corrected chi connectivity index (χ4v) is 7.02. The monoisotopic (exact) mass is 389 g/mol. The van der Waals surface area contributed by atoms with Crippen LogP contribution in [0, 0.1) is 16.2 Å². The van der Waals surface area contributed by atoms with Crippen LogP contribution in [-0.4, -0.2) is 22.6 Å². The largest absolute Gasteiger partial charge is 0.308 e. The molecule has 0 spiro atoms. The summed E-state index contributed by atoms with van der Waals surface area (Å²) in [5, 5.41) is 0. The minimum Gasteiger partial charge on any atom is -0.308 e. The van der Waals surface area contributed by atoms with E-state index in [2.05, 4.69) is 42.8 Å². The maximum Gasteiger partial charge on any atom is 0.235 e. The molecular weight excluding hydrogens is 366 g/mol. The highest BCUT2D eigenvalue weighted by atomic mass is 79.9. The lowest BCUT2D eigenvalue weighted by molar-refractivity contribution is -0.133. The third-order valence-electron chi connectivity index (χ3n) is 7.53. The van der Waals surface area contributed by atoms with Crippen molar-refractivity contribution in [1.82, 2.24) is 0 Å². The third kappa shape index (κ3) is 1.55. The Morgan fingerprint density at radius 2 is 1.88 bits per heavy atom. The van der Waals surface area contributed by atoms with Crippen molar-refractivity contribution in [3.05, 3.63) is 29.8 Å². The molecule has 2 saturated carbocycles. The van der Waals surface area contributed by atoms with E-state index in [0.29, 0.717) is 0 Å². The number of anilines is 1. The van der Waals surface area contributed by atoms with Gasteiger partial charge in [0.1, 0.15) is 0 Å². The van der Waals surface area contributed by atoms with Crippen LogP contribution >= 0.6 is 15.9 Å². The molecule has 4 heteroatoms. The Labute approximate surface area is 151 Å². The highest BCUT2D eigenvalue weighted by Crippen LogP contribution is 2.72. The molecule has 1 aliphatic heterocycles. The van der Waals surface area contributed by atoms with Gasteiger partial charge < -0.3 is 4.90 Å². The summed E-state index contributed by atoms with van der Waals surface area (Å²) in [6.07, 6.45) is 2.47. The van der Waals surface area contributed by atoms with Crippen LogP contribution in [0.1, 0.15) is 46.1 Å². The summed E-state index contributed by atoms with van der Waals surface area (Å²) in [6.45, 7) is 8.39. The summed E-state index contributed by atoms with van der Waals surface area (Å²) in [5.41, 5.74) is 0.834. The van der Waals surface area contributed by atoms with Crippen molar-refractivity contribution >= 4 is 33.3 Å². The number of hydrogen-bond acceptors (Lipinski definition) is 2. The summed E-state index contributed by atoms with van der Waals surface area (Å²) >= 11 is 3.64. The Bertz CT molecular complexity index is 758. The zero-order valence-electron chi connectivity index (χ0n) is 14.7. The van der Waals surface area contributed by atoms with Gasteiger partial charge >= 0.3 is 0 Å². The maximum atomic E-state index is 13.9. The number of para-hydroxylation sites is 1. The van der Waals surface area contributed by atoms with E-state index in [1.54, 1.807) is 0 Å². The van der Waals surface area contributed by atoms with Crippen LogP contribution < -0.4 is 4.90 Å². The van der Waals surface area contributed by atoms with Crippen molar-refractivity contribution < 1.29 is 9.59 Å². The molecule has 4 rings (SSSR count). The highest BCUT2D eigenvalue weighted by molar-refractivity contribution is 9.10. The number of ketones is 1. The Morgan fingerprint density at radius 3 is 2.50 bits per heavy atom. The van der Waals surface area contributed by atoms with Crippen LogP contribution in [0.15, 0.2) is 24.3 Å². The number of carbonyl (C=O) groups excluding carboxylic acids is 2. The summed E-state index contributed by atoms with van der Waals surface area (Å²) in [6, 6.07) is 8.30. The number of nitrogens with zero attached hydrogens (tertiary/aromatic N) is 1. The molecule has 3 aliphatic rings. The highest BCUT2D eigenvalue weighted by Gasteiger charge is 2.77. The molecule has 0 N–H and O–H groups in total. The average molecular weight is 390 g/mol. The van der Waals surface area contributed by atoms with E-state index in [0.717, 1.165) is 24.9 Å². The Balaban J connectivity index is 1.85. The fourth-order valence-electron chi connectivity index (χ4n) is 5.52. The molecule has 1 aromatic rings. The summed E-state index contributed by atoms with van der Waals surface area (Å²) < 4.78 is 0. The van der Waals surface area contributed by atoms with E-state index in [1.165, 1.54) is 5.56 Å². The molecule has 2 bridgehead atoms. The lowest BCUT2D eigenvalue weighted by Crippen LogP contribution is -2.54. The van der Waals surface area contributed by atoms with Gasteiger partial charge in [-0.25, -0.2) is 0 Å². The van der Waals surface area contributed by atoms with Crippen molar-refractivity contribution in [2.24, 2.45) is 16.2 Å². The molecule has 128 valence electrons. The Morgan fingerprint density at radius 1 is 1.21 bits per heavy atom. The minimum atomic E-state index is -0.648. The lowest BCUT2D eigenvalue weighted by Gasteiger charge is -2.43. The number of alkyl halides is 1. The normalized spacial score (nSPS) is 39.4. The number of Topliss-reactive ketones (excluding diaryl/α,β-unsaturated/α-hetero) is 1. The van der Waals surface area contributed by atoms with Gasteiger partial charge in [-0.15, -0.1) is 0 Å². The second-order valence-electron chi connectivity index (χ2n) is 8.51. The van der Waals surface area contributed by atoms with Crippen LogP contribution in [0.25, 0.3) is 0 Å². The fraction of sp³-hybridized carbons (Fsp3) is 0.600. The van der Waals surface area contributed by atoms with Crippen molar-refractivity contribution in [2.45, 2.75) is 57.8 Å². The zero-order chi connectivity index (χ0) is 17.5. The molecule has 0 unspecified atom stereocenters. The molecule has 4 atom stereocenters. The first-order valence-electron chi connectivity index (χ1n) is 8.78. The third-order valence-corrected chi connectivity index (χ3v) is 8.73. The predicted octanol–water partition coefficient (Wildman–Crippen LogP) is 4.12. The molecular formula is C20H24BrNO2. The Kier molecular flexibility index (Phi) is 3.21. The van der Waals surface area contributed by atoms with Crippen LogP contribution in [0.5, 0.6) is 0 Å². The number of amides is 1. The summed E-state index contributed by atoms with van der Waals surface area (Å²) in [5.74, 6) is 0.327. The topological polar surface area (TPSA) is 37.4 Å². The quantitative estimate of drug-likeness (QED) is 0.677. The average Bonchev–Trinajstić information content (AvgIpc) is 3.01. The smallest absolute Gasteiger partial charge is 0.235 e. The Hall–Kier alpha value is -1.16. The van der Waals surface area contributed by atoms with E-state index in [4.69, 9.17) is 0 Å². The van der Waals surface area contributed by atoms with E-state index < -0.39 is 10.8 Å². The SMILES string of the molecule is C[C@@H]1Cc2ccccc2N1C(=O)[C@]12CC[C@](C)(C(=O)[C@@H]1Br)C2(C)C. The molecule has 0 aromatic heterocycles. The maximum absolute atomic E-state index is 13.9. The van der Waals surface area contributed by atoms with Gasteiger partial charge in [0.15, 0.2) is 5.78 Å². The number of rotatable bonds is 1. The van der Waals surface area contributed by atoms with Gasteiger partial charge in [-0.2, -0.15) is 0 Å². The predicted molar refractivity (Wildman–Crippen MR) is 98.4 cm³/mol. The molecule has 2 aliphatic carbocycles. The summed E-state index contributed by atoms with van der Waals surface area (Å²) in [4.78, 5) is 28.4. The number of fused-ring (bicyclic) bond motifs is 3.